The zero-order chi connectivity index (χ0) is 23.2. The standard InChI is InChI=1S/C29H20N2O3/c1-18-27(28(30-34-18)20-9-3-2-4-10-20)26-17-24-23-13-6-5-8-19(23)14-15-25(24)31(26)22-12-7-11-21(16-22)29(32)33/h2-17H,1H3,(H,32,33). The summed E-state index contributed by atoms with van der Waals surface area (Å²) < 4.78 is 7.78. The Kier molecular flexibility index (Phi) is 4.56. The molecule has 5 heteroatoms. The molecular weight excluding hydrogens is 424 g/mol. The highest BCUT2D eigenvalue weighted by Crippen LogP contribution is 2.40. The monoisotopic (exact) mass is 444 g/mol. The summed E-state index contributed by atoms with van der Waals surface area (Å²) in [4.78, 5) is 11.7. The van der Waals surface area contributed by atoms with Gasteiger partial charge in [-0.15, -0.1) is 0 Å². The minimum absolute atomic E-state index is 0.233. The average molecular weight is 444 g/mol. The Bertz CT molecular complexity index is 1690. The normalized spacial score (nSPS) is 11.3. The molecule has 4 aromatic carbocycles. The van der Waals surface area contributed by atoms with Gasteiger partial charge in [0.25, 0.3) is 0 Å². The fraction of sp³-hybridized carbons (Fsp3) is 0.0345. The highest BCUT2D eigenvalue weighted by atomic mass is 16.5. The quantitative estimate of drug-likeness (QED) is 0.314. The van der Waals surface area contributed by atoms with Crippen molar-refractivity contribution in [2.75, 3.05) is 0 Å². The maximum Gasteiger partial charge on any atom is 0.335 e. The summed E-state index contributed by atoms with van der Waals surface area (Å²) in [5, 5.41) is 17.4. The van der Waals surface area contributed by atoms with Crippen LogP contribution in [0.15, 0.2) is 102 Å². The van der Waals surface area contributed by atoms with Gasteiger partial charge in [-0.3, -0.25) is 0 Å². The first-order valence-corrected chi connectivity index (χ1v) is 11.0. The van der Waals surface area contributed by atoms with Gasteiger partial charge in [0.1, 0.15) is 11.5 Å². The van der Waals surface area contributed by atoms with E-state index in [1.54, 1.807) is 18.2 Å². The third-order valence-corrected chi connectivity index (χ3v) is 6.23. The highest BCUT2D eigenvalue weighted by Gasteiger charge is 2.23. The van der Waals surface area contributed by atoms with Crippen LogP contribution in [-0.2, 0) is 0 Å². The van der Waals surface area contributed by atoms with Crippen LogP contribution in [0, 0.1) is 6.92 Å². The second-order valence-corrected chi connectivity index (χ2v) is 8.27. The van der Waals surface area contributed by atoms with Crippen LogP contribution in [-0.4, -0.2) is 20.8 Å². The van der Waals surface area contributed by atoms with Crippen LogP contribution in [0.2, 0.25) is 0 Å². The molecule has 0 atom stereocenters. The third-order valence-electron chi connectivity index (χ3n) is 6.23. The molecule has 0 saturated carbocycles. The fourth-order valence-electron chi connectivity index (χ4n) is 4.67. The van der Waals surface area contributed by atoms with Crippen LogP contribution < -0.4 is 0 Å². The smallest absolute Gasteiger partial charge is 0.335 e. The summed E-state index contributed by atoms with van der Waals surface area (Å²) >= 11 is 0. The predicted molar refractivity (Wildman–Crippen MR) is 133 cm³/mol. The predicted octanol–water partition coefficient (Wildman–Crippen LogP) is 7.11. The van der Waals surface area contributed by atoms with Crippen LogP contribution in [0.4, 0.5) is 0 Å². The van der Waals surface area contributed by atoms with Crippen LogP contribution in [0.5, 0.6) is 0 Å². The molecule has 0 saturated heterocycles. The number of benzene rings is 4. The number of hydrogen-bond donors (Lipinski definition) is 1. The molecule has 0 bridgehead atoms. The first-order chi connectivity index (χ1) is 16.6. The first-order valence-electron chi connectivity index (χ1n) is 11.0. The van der Waals surface area contributed by atoms with E-state index in [0.717, 1.165) is 49.9 Å². The number of rotatable bonds is 4. The van der Waals surface area contributed by atoms with Crippen molar-refractivity contribution < 1.29 is 14.4 Å². The van der Waals surface area contributed by atoms with Crippen LogP contribution >= 0.6 is 0 Å². The van der Waals surface area contributed by atoms with E-state index >= 15 is 0 Å². The number of aromatic nitrogens is 2. The van der Waals surface area contributed by atoms with Crippen molar-refractivity contribution in [1.29, 1.82) is 0 Å². The Morgan fingerprint density at radius 1 is 0.853 bits per heavy atom. The van der Waals surface area contributed by atoms with Crippen molar-refractivity contribution in [2.45, 2.75) is 6.92 Å². The molecule has 5 nitrogen and oxygen atoms in total. The number of carboxylic acid groups (broad SMARTS) is 1. The third kappa shape index (κ3) is 3.10. The van der Waals surface area contributed by atoms with Crippen molar-refractivity contribution in [2.24, 2.45) is 0 Å². The minimum Gasteiger partial charge on any atom is -0.478 e. The van der Waals surface area contributed by atoms with E-state index in [1.807, 2.05) is 55.5 Å². The fourth-order valence-corrected chi connectivity index (χ4v) is 4.67. The molecule has 34 heavy (non-hydrogen) atoms. The summed E-state index contributed by atoms with van der Waals surface area (Å²) in [6.45, 7) is 1.91. The average Bonchev–Trinajstić information content (AvgIpc) is 3.45. The van der Waals surface area contributed by atoms with Gasteiger partial charge in [-0.2, -0.15) is 0 Å². The maximum atomic E-state index is 11.7. The van der Waals surface area contributed by atoms with Gasteiger partial charge >= 0.3 is 5.97 Å². The second-order valence-electron chi connectivity index (χ2n) is 8.27. The molecule has 0 aliphatic carbocycles. The summed E-state index contributed by atoms with van der Waals surface area (Å²) in [7, 11) is 0. The Hall–Kier alpha value is -4.64. The van der Waals surface area contributed by atoms with Crippen molar-refractivity contribution in [3.05, 3.63) is 108 Å². The van der Waals surface area contributed by atoms with Gasteiger partial charge in [0, 0.05) is 16.6 Å². The molecule has 0 spiro atoms. The van der Waals surface area contributed by atoms with E-state index in [9.17, 15) is 9.90 Å². The van der Waals surface area contributed by atoms with Gasteiger partial charge < -0.3 is 14.2 Å². The van der Waals surface area contributed by atoms with Crippen molar-refractivity contribution in [3.8, 4) is 28.2 Å². The lowest BCUT2D eigenvalue weighted by molar-refractivity contribution is 0.0697. The minimum atomic E-state index is -0.962. The lowest BCUT2D eigenvalue weighted by atomic mass is 10.0. The molecule has 164 valence electrons. The Morgan fingerprint density at radius 3 is 2.47 bits per heavy atom. The lowest BCUT2D eigenvalue weighted by Gasteiger charge is -2.13. The van der Waals surface area contributed by atoms with Gasteiger partial charge in [0.05, 0.1) is 22.3 Å². The van der Waals surface area contributed by atoms with Crippen LogP contribution in [0.3, 0.4) is 0 Å². The van der Waals surface area contributed by atoms with Gasteiger partial charge in [-0.1, -0.05) is 71.9 Å². The molecule has 0 fully saturated rings. The molecule has 0 amide bonds. The highest BCUT2D eigenvalue weighted by molar-refractivity contribution is 6.09. The zero-order valence-electron chi connectivity index (χ0n) is 18.4. The first kappa shape index (κ1) is 20.0. The summed E-state index contributed by atoms with van der Waals surface area (Å²) in [6, 6.07) is 31.5. The van der Waals surface area contributed by atoms with E-state index in [1.165, 1.54) is 0 Å². The van der Waals surface area contributed by atoms with E-state index in [2.05, 4.69) is 40.1 Å². The number of nitrogens with zero attached hydrogens (tertiary/aromatic N) is 2. The molecule has 6 aromatic rings. The van der Waals surface area contributed by atoms with Gasteiger partial charge in [0.2, 0.25) is 0 Å². The van der Waals surface area contributed by atoms with Crippen molar-refractivity contribution in [1.82, 2.24) is 9.72 Å². The molecule has 0 unspecified atom stereocenters. The largest absolute Gasteiger partial charge is 0.478 e. The molecule has 1 N–H and O–H groups in total. The SMILES string of the molecule is Cc1onc(-c2ccccc2)c1-c1cc2c3ccccc3ccc2n1-c1cccc(C(=O)O)c1. The van der Waals surface area contributed by atoms with E-state index in [0.29, 0.717) is 5.76 Å². The number of aryl methyl sites for hydroxylation is 1. The van der Waals surface area contributed by atoms with E-state index < -0.39 is 5.97 Å². The van der Waals surface area contributed by atoms with E-state index in [-0.39, 0.29) is 5.56 Å². The summed E-state index contributed by atoms with van der Waals surface area (Å²) in [5.74, 6) is -0.266. The number of fused-ring (bicyclic) bond motifs is 3. The van der Waals surface area contributed by atoms with Crippen LogP contribution in [0.25, 0.3) is 49.9 Å². The molecule has 0 aliphatic rings. The molecular formula is C29H20N2O3. The maximum absolute atomic E-state index is 11.7. The van der Waals surface area contributed by atoms with Gasteiger partial charge in [-0.25, -0.2) is 4.79 Å². The van der Waals surface area contributed by atoms with Gasteiger partial charge in [-0.05, 0) is 48.0 Å². The van der Waals surface area contributed by atoms with Gasteiger partial charge in [0.15, 0.2) is 0 Å². The molecule has 0 aliphatic heterocycles. The van der Waals surface area contributed by atoms with E-state index in [4.69, 9.17) is 4.52 Å². The molecule has 6 rings (SSSR count). The second kappa shape index (κ2) is 7.74. The summed E-state index contributed by atoms with van der Waals surface area (Å²) in [6.07, 6.45) is 0. The zero-order valence-corrected chi connectivity index (χ0v) is 18.4. The number of aromatic carboxylic acids is 1. The molecule has 2 heterocycles. The molecule has 2 aromatic heterocycles. The Balaban J connectivity index is 1.73. The van der Waals surface area contributed by atoms with Crippen molar-refractivity contribution >= 4 is 27.6 Å². The van der Waals surface area contributed by atoms with Crippen molar-refractivity contribution in [3.63, 3.8) is 0 Å². The lowest BCUT2D eigenvalue weighted by Crippen LogP contribution is -2.01. The Morgan fingerprint density at radius 2 is 1.65 bits per heavy atom. The number of hydrogen-bond acceptors (Lipinski definition) is 3. The topological polar surface area (TPSA) is 68.3 Å². The number of carbonyl (C=O) groups is 1. The molecule has 0 radical (unpaired) electrons. The number of carboxylic acids is 1. The van der Waals surface area contributed by atoms with Crippen LogP contribution in [0.1, 0.15) is 16.1 Å². The Labute approximate surface area is 195 Å². The summed E-state index contributed by atoms with van der Waals surface area (Å²) in [5.41, 5.74) is 5.46.